The van der Waals surface area contributed by atoms with Crippen LogP contribution in [-0.4, -0.2) is 45.6 Å². The normalized spacial score (nSPS) is 27.7. The van der Waals surface area contributed by atoms with Crippen LogP contribution < -0.4 is 5.32 Å². The van der Waals surface area contributed by atoms with Crippen LogP contribution in [-0.2, 0) is 11.3 Å². The van der Waals surface area contributed by atoms with Gasteiger partial charge in [0.15, 0.2) is 0 Å². The van der Waals surface area contributed by atoms with E-state index in [0.29, 0.717) is 18.8 Å². The zero-order valence-corrected chi connectivity index (χ0v) is 13.9. The number of amides is 1. The molecule has 1 saturated heterocycles. The Morgan fingerprint density at radius 2 is 2.22 bits per heavy atom. The molecule has 3 rings (SSSR count). The summed E-state index contributed by atoms with van der Waals surface area (Å²) in [7, 11) is 0. The second-order valence-electron chi connectivity index (χ2n) is 7.14. The summed E-state index contributed by atoms with van der Waals surface area (Å²) in [5.41, 5.74) is -0.0346. The van der Waals surface area contributed by atoms with E-state index in [4.69, 9.17) is 0 Å². The fourth-order valence-corrected chi connectivity index (χ4v) is 3.80. The predicted octanol–water partition coefficient (Wildman–Crippen LogP) is 1.71. The fraction of sp³-hybridized carbons (Fsp3) is 0.667. The topological polar surface area (TPSA) is 65.5 Å². The van der Waals surface area contributed by atoms with E-state index in [1.54, 1.807) is 0 Å². The van der Waals surface area contributed by atoms with Gasteiger partial charge in [-0.1, -0.05) is 13.0 Å². The van der Waals surface area contributed by atoms with Gasteiger partial charge in [0.2, 0.25) is 0 Å². The molecule has 0 spiro atoms. The molecule has 2 heterocycles. The molecule has 2 aliphatic rings. The number of nitrogens with zero attached hydrogens (tertiary/aromatic N) is 2. The molecule has 2 N–H and O–H groups in total. The summed E-state index contributed by atoms with van der Waals surface area (Å²) < 4.78 is 0. The Morgan fingerprint density at radius 3 is 2.87 bits per heavy atom. The van der Waals surface area contributed by atoms with Crippen molar-refractivity contribution in [3.05, 3.63) is 30.1 Å². The lowest BCUT2D eigenvalue weighted by molar-refractivity contribution is -0.140. The number of pyridine rings is 1. The van der Waals surface area contributed by atoms with Crippen molar-refractivity contribution >= 4 is 5.91 Å². The second-order valence-corrected chi connectivity index (χ2v) is 7.14. The Morgan fingerprint density at radius 1 is 1.43 bits per heavy atom. The summed E-state index contributed by atoms with van der Waals surface area (Å²) >= 11 is 0. The first-order chi connectivity index (χ1) is 11.1. The standard InChI is InChI=1S/C18H27N3O2/c1-14-12-21(13-15-6-2-5-10-19-15)11-7-16(14)20-17(22)18(23)8-3-4-9-18/h2,5-6,10,14,16,23H,3-4,7-9,11-13H2,1H3,(H,20,22). The van der Waals surface area contributed by atoms with Crippen LogP contribution in [0, 0.1) is 5.92 Å². The van der Waals surface area contributed by atoms with Crippen LogP contribution in [0.3, 0.4) is 0 Å². The monoisotopic (exact) mass is 317 g/mol. The third-order valence-electron chi connectivity index (χ3n) is 5.27. The molecule has 1 amide bonds. The molecule has 2 fully saturated rings. The van der Waals surface area contributed by atoms with Crippen molar-refractivity contribution in [2.45, 2.75) is 57.2 Å². The van der Waals surface area contributed by atoms with Crippen LogP contribution in [0.1, 0.15) is 44.7 Å². The SMILES string of the molecule is CC1CN(Cc2ccccn2)CCC1NC(=O)C1(O)CCCC1. The number of carbonyl (C=O) groups is 1. The highest BCUT2D eigenvalue weighted by Crippen LogP contribution is 2.30. The minimum absolute atomic E-state index is 0.159. The van der Waals surface area contributed by atoms with Gasteiger partial charge in [0.25, 0.3) is 5.91 Å². The minimum atomic E-state index is -1.12. The number of piperidine rings is 1. The number of nitrogens with one attached hydrogen (secondary N) is 1. The number of carbonyl (C=O) groups excluding carboxylic acids is 1. The molecular weight excluding hydrogens is 290 g/mol. The maximum absolute atomic E-state index is 12.4. The van der Waals surface area contributed by atoms with Crippen LogP contribution in [0.25, 0.3) is 0 Å². The molecule has 23 heavy (non-hydrogen) atoms. The molecule has 0 bridgehead atoms. The van der Waals surface area contributed by atoms with E-state index in [2.05, 4.69) is 22.1 Å². The molecule has 5 heteroatoms. The summed E-state index contributed by atoms with van der Waals surface area (Å²) in [6.45, 7) is 4.92. The number of aliphatic hydroxyl groups is 1. The lowest BCUT2D eigenvalue weighted by Gasteiger charge is -2.38. The molecule has 0 radical (unpaired) electrons. The van der Waals surface area contributed by atoms with Gasteiger partial charge in [0, 0.05) is 31.9 Å². The summed E-state index contributed by atoms with van der Waals surface area (Å²) in [4.78, 5) is 19.1. The quantitative estimate of drug-likeness (QED) is 0.887. The van der Waals surface area contributed by atoms with Crippen molar-refractivity contribution in [2.24, 2.45) is 5.92 Å². The molecule has 5 nitrogen and oxygen atoms in total. The second kappa shape index (κ2) is 6.97. The van der Waals surface area contributed by atoms with Gasteiger partial charge < -0.3 is 10.4 Å². The minimum Gasteiger partial charge on any atom is -0.380 e. The molecule has 1 aliphatic heterocycles. The summed E-state index contributed by atoms with van der Waals surface area (Å²) in [5, 5.41) is 13.5. The van der Waals surface area contributed by atoms with Crippen LogP contribution in [0.4, 0.5) is 0 Å². The van der Waals surface area contributed by atoms with Crippen LogP contribution in [0.2, 0.25) is 0 Å². The number of hydrogen-bond acceptors (Lipinski definition) is 4. The van der Waals surface area contributed by atoms with E-state index in [1.165, 1.54) is 0 Å². The number of rotatable bonds is 4. The molecule has 1 aromatic heterocycles. The van der Waals surface area contributed by atoms with Crippen molar-refractivity contribution < 1.29 is 9.90 Å². The van der Waals surface area contributed by atoms with Crippen molar-refractivity contribution in [2.75, 3.05) is 13.1 Å². The Kier molecular flexibility index (Phi) is 4.97. The molecule has 1 saturated carbocycles. The van der Waals surface area contributed by atoms with E-state index in [-0.39, 0.29) is 11.9 Å². The molecule has 2 unspecified atom stereocenters. The van der Waals surface area contributed by atoms with E-state index in [9.17, 15) is 9.90 Å². The predicted molar refractivity (Wildman–Crippen MR) is 88.6 cm³/mol. The highest BCUT2D eigenvalue weighted by atomic mass is 16.3. The molecule has 1 aromatic rings. The third-order valence-corrected chi connectivity index (χ3v) is 5.27. The lowest BCUT2D eigenvalue weighted by Crippen LogP contribution is -2.54. The van der Waals surface area contributed by atoms with Gasteiger partial charge in [-0.05, 0) is 50.2 Å². The van der Waals surface area contributed by atoms with E-state index < -0.39 is 5.60 Å². The third kappa shape index (κ3) is 3.90. The van der Waals surface area contributed by atoms with E-state index >= 15 is 0 Å². The zero-order valence-electron chi connectivity index (χ0n) is 13.9. The van der Waals surface area contributed by atoms with E-state index in [0.717, 1.165) is 44.6 Å². The summed E-state index contributed by atoms with van der Waals surface area (Å²) in [6, 6.07) is 6.16. The van der Waals surface area contributed by atoms with Crippen molar-refractivity contribution in [1.82, 2.24) is 15.2 Å². The van der Waals surface area contributed by atoms with Crippen LogP contribution >= 0.6 is 0 Å². The molecular formula is C18H27N3O2. The Hall–Kier alpha value is -1.46. The lowest BCUT2D eigenvalue weighted by atomic mass is 9.92. The van der Waals surface area contributed by atoms with Gasteiger partial charge in [-0.25, -0.2) is 0 Å². The van der Waals surface area contributed by atoms with E-state index in [1.807, 2.05) is 24.4 Å². The van der Waals surface area contributed by atoms with Crippen LogP contribution in [0.5, 0.6) is 0 Å². The Bertz CT molecular complexity index is 528. The first kappa shape index (κ1) is 16.4. The van der Waals surface area contributed by atoms with Gasteiger partial charge in [0.1, 0.15) is 5.60 Å². The fourth-order valence-electron chi connectivity index (χ4n) is 3.80. The summed E-state index contributed by atoms with van der Waals surface area (Å²) in [6.07, 6.45) is 5.85. The maximum Gasteiger partial charge on any atom is 0.252 e. The molecule has 126 valence electrons. The maximum atomic E-state index is 12.4. The average molecular weight is 317 g/mol. The number of aromatic nitrogens is 1. The first-order valence-electron chi connectivity index (χ1n) is 8.72. The largest absolute Gasteiger partial charge is 0.380 e. The van der Waals surface area contributed by atoms with Gasteiger partial charge in [-0.2, -0.15) is 0 Å². The average Bonchev–Trinajstić information content (AvgIpc) is 2.99. The molecule has 0 aromatic carbocycles. The first-order valence-corrected chi connectivity index (χ1v) is 8.72. The van der Waals surface area contributed by atoms with Crippen molar-refractivity contribution in [1.29, 1.82) is 0 Å². The highest BCUT2D eigenvalue weighted by Gasteiger charge is 2.40. The number of likely N-dealkylation sites (tertiary alicyclic amines) is 1. The van der Waals surface area contributed by atoms with Gasteiger partial charge >= 0.3 is 0 Å². The van der Waals surface area contributed by atoms with Crippen molar-refractivity contribution in [3.8, 4) is 0 Å². The van der Waals surface area contributed by atoms with Crippen molar-refractivity contribution in [3.63, 3.8) is 0 Å². The number of hydrogen-bond donors (Lipinski definition) is 2. The molecule has 2 atom stereocenters. The van der Waals surface area contributed by atoms with Gasteiger partial charge in [-0.3, -0.25) is 14.7 Å². The van der Waals surface area contributed by atoms with Crippen LogP contribution in [0.15, 0.2) is 24.4 Å². The zero-order chi connectivity index (χ0) is 16.3. The Balaban J connectivity index is 1.51. The van der Waals surface area contributed by atoms with Gasteiger partial charge in [0.05, 0.1) is 5.69 Å². The summed E-state index contributed by atoms with van der Waals surface area (Å²) in [5.74, 6) is 0.214. The van der Waals surface area contributed by atoms with Gasteiger partial charge in [-0.15, -0.1) is 0 Å². The Labute approximate surface area is 138 Å². The molecule has 1 aliphatic carbocycles. The smallest absolute Gasteiger partial charge is 0.252 e. The highest BCUT2D eigenvalue weighted by molar-refractivity contribution is 5.85.